The lowest BCUT2D eigenvalue weighted by molar-refractivity contribution is -0.122. The summed E-state index contributed by atoms with van der Waals surface area (Å²) in [6.07, 6.45) is 0. The number of hydrogen-bond acceptors (Lipinski definition) is 3. The number of nitrogens with one attached hydrogen (secondary N) is 2. The van der Waals surface area contributed by atoms with Crippen LogP contribution in [0.5, 0.6) is 5.75 Å². The Morgan fingerprint density at radius 2 is 1.74 bits per heavy atom. The van der Waals surface area contributed by atoms with Crippen LogP contribution in [0.2, 0.25) is 0 Å². The Hall–Kier alpha value is -2.38. The van der Waals surface area contributed by atoms with E-state index in [0.29, 0.717) is 0 Å². The number of halogens is 2. The zero-order chi connectivity index (χ0) is 17.8. The highest BCUT2D eigenvalue weighted by Gasteiger charge is 2.19. The number of anilines is 1. The Morgan fingerprint density at radius 1 is 1.22 bits per heavy atom. The number of nitrogens with zero attached hydrogens (tertiary/aromatic N) is 1. The number of methoxy groups -OCH3 is 1. The van der Waals surface area contributed by atoms with Crippen molar-refractivity contribution < 1.29 is 23.1 Å². The molecule has 1 aromatic rings. The summed E-state index contributed by atoms with van der Waals surface area (Å²) in [5.74, 6) is -2.74. The second kappa shape index (κ2) is 7.26. The predicted molar refractivity (Wildman–Crippen MR) is 82.5 cm³/mol. The van der Waals surface area contributed by atoms with Gasteiger partial charge in [0, 0.05) is 30.4 Å². The number of rotatable bonds is 4. The SMILES string of the molecule is COc1c(F)cc(NC(=O)N(C)CC(=O)NC(C)(C)C)cc1F. The van der Waals surface area contributed by atoms with E-state index < -0.39 is 29.0 Å². The minimum absolute atomic E-state index is 0.0751. The molecule has 0 heterocycles. The Balaban J connectivity index is 2.71. The van der Waals surface area contributed by atoms with E-state index in [1.54, 1.807) is 0 Å². The zero-order valence-corrected chi connectivity index (χ0v) is 13.8. The van der Waals surface area contributed by atoms with Gasteiger partial charge < -0.3 is 20.3 Å². The monoisotopic (exact) mass is 329 g/mol. The standard InChI is InChI=1S/C15H21F2N3O3/c1-15(2,3)19-12(21)8-20(4)14(22)18-9-6-10(16)13(23-5)11(17)7-9/h6-7H,8H2,1-5H3,(H,18,22)(H,19,21). The van der Waals surface area contributed by atoms with Crippen molar-refractivity contribution in [2.24, 2.45) is 0 Å². The third kappa shape index (κ3) is 5.72. The fourth-order valence-electron chi connectivity index (χ4n) is 1.79. The molecule has 0 atom stereocenters. The molecular formula is C15H21F2N3O3. The van der Waals surface area contributed by atoms with E-state index in [-0.39, 0.29) is 18.1 Å². The molecule has 0 saturated heterocycles. The Kier molecular flexibility index (Phi) is 5.89. The first-order valence-corrected chi connectivity index (χ1v) is 6.89. The molecule has 2 N–H and O–H groups in total. The molecule has 0 aliphatic heterocycles. The van der Waals surface area contributed by atoms with Crippen molar-refractivity contribution in [1.82, 2.24) is 10.2 Å². The van der Waals surface area contributed by atoms with Crippen molar-refractivity contribution in [3.8, 4) is 5.75 Å². The third-order valence-corrected chi connectivity index (χ3v) is 2.70. The van der Waals surface area contributed by atoms with E-state index in [9.17, 15) is 18.4 Å². The van der Waals surface area contributed by atoms with Gasteiger partial charge in [0.05, 0.1) is 7.11 Å². The number of carbonyl (C=O) groups is 2. The zero-order valence-electron chi connectivity index (χ0n) is 13.8. The average molecular weight is 329 g/mol. The number of ether oxygens (including phenoxy) is 1. The summed E-state index contributed by atoms with van der Waals surface area (Å²) in [6.45, 7) is 5.25. The molecule has 1 rings (SSSR count). The molecule has 23 heavy (non-hydrogen) atoms. The lowest BCUT2D eigenvalue weighted by Gasteiger charge is -2.23. The van der Waals surface area contributed by atoms with E-state index in [1.165, 1.54) is 7.05 Å². The summed E-state index contributed by atoms with van der Waals surface area (Å²) in [5.41, 5.74) is -0.495. The molecule has 6 nitrogen and oxygen atoms in total. The van der Waals surface area contributed by atoms with Gasteiger partial charge in [0.15, 0.2) is 17.4 Å². The number of amides is 3. The van der Waals surface area contributed by atoms with E-state index in [4.69, 9.17) is 0 Å². The Morgan fingerprint density at radius 3 is 2.17 bits per heavy atom. The van der Waals surface area contributed by atoms with Gasteiger partial charge in [-0.1, -0.05) is 0 Å². The highest BCUT2D eigenvalue weighted by atomic mass is 19.1. The Labute approximate surface area is 133 Å². The van der Waals surface area contributed by atoms with Crippen LogP contribution in [0.25, 0.3) is 0 Å². The smallest absolute Gasteiger partial charge is 0.322 e. The fraction of sp³-hybridized carbons (Fsp3) is 0.467. The van der Waals surface area contributed by atoms with Crippen LogP contribution in [0, 0.1) is 11.6 Å². The molecule has 0 spiro atoms. The van der Waals surface area contributed by atoms with Crippen LogP contribution in [-0.2, 0) is 4.79 Å². The summed E-state index contributed by atoms with van der Waals surface area (Å²) in [5, 5.41) is 5.02. The molecule has 0 unspecified atom stereocenters. The molecule has 128 valence electrons. The number of urea groups is 1. The van der Waals surface area contributed by atoms with Crippen LogP contribution >= 0.6 is 0 Å². The van der Waals surface area contributed by atoms with Crippen molar-refractivity contribution in [3.63, 3.8) is 0 Å². The van der Waals surface area contributed by atoms with E-state index in [1.807, 2.05) is 20.8 Å². The molecule has 3 amide bonds. The van der Waals surface area contributed by atoms with Crippen LogP contribution in [0.1, 0.15) is 20.8 Å². The lowest BCUT2D eigenvalue weighted by Crippen LogP contribution is -2.47. The van der Waals surface area contributed by atoms with Crippen molar-refractivity contribution in [2.45, 2.75) is 26.3 Å². The fourth-order valence-corrected chi connectivity index (χ4v) is 1.79. The number of carbonyl (C=O) groups excluding carboxylic acids is 2. The van der Waals surface area contributed by atoms with Crippen molar-refractivity contribution in [2.75, 3.05) is 26.0 Å². The molecule has 0 aliphatic carbocycles. The second-order valence-corrected chi connectivity index (χ2v) is 6.06. The predicted octanol–water partition coefficient (Wildman–Crippen LogP) is 2.35. The lowest BCUT2D eigenvalue weighted by atomic mass is 10.1. The maximum Gasteiger partial charge on any atom is 0.322 e. The topological polar surface area (TPSA) is 70.7 Å². The van der Waals surface area contributed by atoms with Gasteiger partial charge in [-0.15, -0.1) is 0 Å². The van der Waals surface area contributed by atoms with Crippen LogP contribution in [0.15, 0.2) is 12.1 Å². The van der Waals surface area contributed by atoms with E-state index >= 15 is 0 Å². The highest BCUT2D eigenvalue weighted by molar-refractivity contribution is 5.92. The summed E-state index contributed by atoms with van der Waals surface area (Å²) >= 11 is 0. The maximum atomic E-state index is 13.6. The molecule has 8 heteroatoms. The quantitative estimate of drug-likeness (QED) is 0.891. The molecule has 0 radical (unpaired) electrons. The van der Waals surface area contributed by atoms with Crippen molar-refractivity contribution in [1.29, 1.82) is 0 Å². The van der Waals surface area contributed by atoms with Gasteiger partial charge in [-0.3, -0.25) is 4.79 Å². The molecule has 0 saturated carbocycles. The first-order valence-electron chi connectivity index (χ1n) is 6.89. The maximum absolute atomic E-state index is 13.6. The van der Waals surface area contributed by atoms with Crippen LogP contribution < -0.4 is 15.4 Å². The number of benzene rings is 1. The minimum atomic E-state index is -0.934. The first kappa shape index (κ1) is 18.7. The average Bonchev–Trinajstić information content (AvgIpc) is 2.35. The van der Waals surface area contributed by atoms with Gasteiger partial charge in [0.2, 0.25) is 5.91 Å². The molecule has 1 aromatic carbocycles. The second-order valence-electron chi connectivity index (χ2n) is 6.06. The molecule has 0 fully saturated rings. The first-order chi connectivity index (χ1) is 10.5. The van der Waals surface area contributed by atoms with Gasteiger partial charge in [-0.25, -0.2) is 13.6 Å². The summed E-state index contributed by atoms with van der Waals surface area (Å²) in [4.78, 5) is 24.8. The Bertz CT molecular complexity index is 577. The summed E-state index contributed by atoms with van der Waals surface area (Å²) < 4.78 is 31.7. The van der Waals surface area contributed by atoms with Gasteiger partial charge in [0.1, 0.15) is 6.54 Å². The number of hydrogen-bond donors (Lipinski definition) is 2. The molecule has 0 bridgehead atoms. The normalized spacial score (nSPS) is 10.9. The van der Waals surface area contributed by atoms with Gasteiger partial charge in [-0.05, 0) is 20.8 Å². The van der Waals surface area contributed by atoms with E-state index in [0.717, 1.165) is 24.1 Å². The summed E-state index contributed by atoms with van der Waals surface area (Å²) in [6, 6.07) is 1.20. The van der Waals surface area contributed by atoms with Gasteiger partial charge in [-0.2, -0.15) is 0 Å². The molecule has 0 aliphatic rings. The molecule has 0 aromatic heterocycles. The summed E-state index contributed by atoms with van der Waals surface area (Å²) in [7, 11) is 2.54. The van der Waals surface area contributed by atoms with E-state index in [2.05, 4.69) is 15.4 Å². The highest BCUT2D eigenvalue weighted by Crippen LogP contribution is 2.25. The van der Waals surface area contributed by atoms with Crippen molar-refractivity contribution in [3.05, 3.63) is 23.8 Å². The van der Waals surface area contributed by atoms with Gasteiger partial charge >= 0.3 is 6.03 Å². The van der Waals surface area contributed by atoms with Crippen molar-refractivity contribution >= 4 is 17.6 Å². The number of likely N-dealkylation sites (N-methyl/N-ethyl adjacent to an activating group) is 1. The third-order valence-electron chi connectivity index (χ3n) is 2.70. The minimum Gasteiger partial charge on any atom is -0.491 e. The van der Waals surface area contributed by atoms with Gasteiger partial charge in [0.25, 0.3) is 0 Å². The van der Waals surface area contributed by atoms with Crippen LogP contribution in [-0.4, -0.2) is 43.1 Å². The van der Waals surface area contributed by atoms with Crippen LogP contribution in [0.4, 0.5) is 19.3 Å². The largest absolute Gasteiger partial charge is 0.491 e. The van der Waals surface area contributed by atoms with Crippen LogP contribution in [0.3, 0.4) is 0 Å². The molecular weight excluding hydrogens is 308 g/mol.